The Balaban J connectivity index is 2.30. The molecule has 1 rings (SSSR count). The zero-order chi connectivity index (χ0) is 11.3. The van der Waals surface area contributed by atoms with Crippen molar-refractivity contribution in [2.24, 2.45) is 7.05 Å². The summed E-state index contributed by atoms with van der Waals surface area (Å²) in [5.41, 5.74) is -0.648. The molecule has 86 valence electrons. The molecule has 0 radical (unpaired) electrons. The van der Waals surface area contributed by atoms with E-state index in [1.807, 2.05) is 31.0 Å². The number of hydrogen-bond acceptors (Lipinski definition) is 4. The van der Waals surface area contributed by atoms with Gasteiger partial charge in [0.25, 0.3) is 0 Å². The third kappa shape index (κ3) is 4.24. The molecule has 1 heterocycles. The van der Waals surface area contributed by atoms with E-state index in [2.05, 4.69) is 10.3 Å². The van der Waals surface area contributed by atoms with Gasteiger partial charge >= 0.3 is 0 Å². The normalized spacial score (nSPS) is 15.2. The van der Waals surface area contributed by atoms with Gasteiger partial charge in [0.2, 0.25) is 0 Å². The first-order valence-corrected chi connectivity index (χ1v) is 6.33. The lowest BCUT2D eigenvalue weighted by Gasteiger charge is -2.22. The smallest absolute Gasteiger partial charge is 0.122 e. The molecule has 1 aromatic heterocycles. The molecule has 1 aromatic rings. The van der Waals surface area contributed by atoms with E-state index < -0.39 is 5.60 Å². The molecule has 0 bridgehead atoms. The molecule has 0 spiro atoms. The molecule has 0 saturated heterocycles. The van der Waals surface area contributed by atoms with E-state index >= 15 is 0 Å². The van der Waals surface area contributed by atoms with Crippen LogP contribution >= 0.6 is 11.8 Å². The first kappa shape index (κ1) is 12.5. The van der Waals surface area contributed by atoms with Crippen molar-refractivity contribution < 1.29 is 5.11 Å². The van der Waals surface area contributed by atoms with Crippen LogP contribution in [0.15, 0.2) is 12.4 Å². The number of aromatic nitrogens is 2. The summed E-state index contributed by atoms with van der Waals surface area (Å²) in [6.45, 7) is 3.11. The van der Waals surface area contributed by atoms with Gasteiger partial charge in [0.05, 0.1) is 12.1 Å². The van der Waals surface area contributed by atoms with Gasteiger partial charge < -0.3 is 15.0 Å². The molecule has 4 nitrogen and oxygen atoms in total. The Kier molecular flexibility index (Phi) is 4.63. The number of nitrogens with zero attached hydrogens (tertiary/aromatic N) is 2. The lowest BCUT2D eigenvalue weighted by atomic mass is 10.1. The Morgan fingerprint density at radius 3 is 2.93 bits per heavy atom. The molecule has 0 amide bonds. The second-order valence-corrected chi connectivity index (χ2v) is 4.85. The second kappa shape index (κ2) is 5.53. The number of imidazole rings is 1. The minimum atomic E-state index is -0.648. The minimum Gasteiger partial charge on any atom is -0.388 e. The molecule has 0 aromatic carbocycles. The Bertz CT molecular complexity index is 299. The number of hydrogen-bond donors (Lipinski definition) is 2. The monoisotopic (exact) mass is 229 g/mol. The van der Waals surface area contributed by atoms with Crippen LogP contribution in [-0.2, 0) is 13.6 Å². The van der Waals surface area contributed by atoms with E-state index in [4.69, 9.17) is 0 Å². The Morgan fingerprint density at radius 2 is 2.40 bits per heavy atom. The first-order chi connectivity index (χ1) is 7.05. The van der Waals surface area contributed by atoms with Crippen LogP contribution in [0.4, 0.5) is 0 Å². The van der Waals surface area contributed by atoms with E-state index in [0.717, 1.165) is 11.6 Å². The number of rotatable bonds is 6. The molecular formula is C10H19N3OS. The lowest BCUT2D eigenvalue weighted by molar-refractivity contribution is 0.0843. The van der Waals surface area contributed by atoms with Crippen molar-refractivity contribution in [3.05, 3.63) is 18.2 Å². The van der Waals surface area contributed by atoms with Crippen molar-refractivity contribution in [3.8, 4) is 0 Å². The summed E-state index contributed by atoms with van der Waals surface area (Å²) < 4.78 is 1.97. The Hall–Kier alpha value is -0.520. The largest absolute Gasteiger partial charge is 0.388 e. The highest BCUT2D eigenvalue weighted by Crippen LogP contribution is 2.09. The van der Waals surface area contributed by atoms with Gasteiger partial charge in [-0.25, -0.2) is 4.98 Å². The summed E-state index contributed by atoms with van der Waals surface area (Å²) in [4.78, 5) is 4.19. The highest BCUT2D eigenvalue weighted by Gasteiger charge is 2.18. The molecule has 2 N–H and O–H groups in total. The molecular weight excluding hydrogens is 210 g/mol. The standard InChI is InChI=1S/C10H19N3OS/c1-10(14,8-15-3)7-11-6-9-12-4-5-13(9)2/h4-5,11,14H,6-8H2,1-3H3. The van der Waals surface area contributed by atoms with E-state index in [1.54, 1.807) is 18.0 Å². The van der Waals surface area contributed by atoms with Gasteiger partial charge in [-0.2, -0.15) is 11.8 Å². The number of aryl methyl sites for hydroxylation is 1. The zero-order valence-electron chi connectivity index (χ0n) is 9.53. The molecule has 0 aliphatic heterocycles. The third-order valence-corrected chi connectivity index (χ3v) is 3.08. The summed E-state index contributed by atoms with van der Waals surface area (Å²) in [5, 5.41) is 13.1. The molecule has 0 aliphatic rings. The summed E-state index contributed by atoms with van der Waals surface area (Å²) in [7, 11) is 1.96. The summed E-state index contributed by atoms with van der Waals surface area (Å²) in [6, 6.07) is 0. The third-order valence-electron chi connectivity index (χ3n) is 2.17. The maximum absolute atomic E-state index is 9.90. The van der Waals surface area contributed by atoms with Crippen LogP contribution in [0.25, 0.3) is 0 Å². The van der Waals surface area contributed by atoms with Crippen molar-refractivity contribution in [1.29, 1.82) is 0 Å². The average Bonchev–Trinajstić information content (AvgIpc) is 2.51. The summed E-state index contributed by atoms with van der Waals surface area (Å²) >= 11 is 1.65. The van der Waals surface area contributed by atoms with Crippen LogP contribution in [0.5, 0.6) is 0 Å². The fourth-order valence-corrected chi connectivity index (χ4v) is 2.10. The van der Waals surface area contributed by atoms with Crippen molar-refractivity contribution in [3.63, 3.8) is 0 Å². The van der Waals surface area contributed by atoms with Gasteiger partial charge in [-0.3, -0.25) is 0 Å². The van der Waals surface area contributed by atoms with Gasteiger partial charge in [0.15, 0.2) is 0 Å². The van der Waals surface area contributed by atoms with Gasteiger partial charge in [-0.15, -0.1) is 0 Å². The maximum Gasteiger partial charge on any atom is 0.122 e. The molecule has 0 saturated carbocycles. The Morgan fingerprint density at radius 1 is 1.67 bits per heavy atom. The van der Waals surface area contributed by atoms with Crippen LogP contribution < -0.4 is 5.32 Å². The highest BCUT2D eigenvalue weighted by atomic mass is 32.2. The molecule has 0 fully saturated rings. The van der Waals surface area contributed by atoms with Crippen molar-refractivity contribution in [2.75, 3.05) is 18.6 Å². The second-order valence-electron chi connectivity index (χ2n) is 3.99. The predicted molar refractivity (Wildman–Crippen MR) is 63.9 cm³/mol. The van der Waals surface area contributed by atoms with Crippen LogP contribution in [0, 0.1) is 0 Å². The summed E-state index contributed by atoms with van der Waals surface area (Å²) in [6.07, 6.45) is 5.68. The van der Waals surface area contributed by atoms with Crippen LogP contribution in [0.1, 0.15) is 12.7 Å². The molecule has 15 heavy (non-hydrogen) atoms. The SMILES string of the molecule is CSCC(C)(O)CNCc1nccn1C. The predicted octanol–water partition coefficient (Wildman–Crippen LogP) is 0.624. The fourth-order valence-electron chi connectivity index (χ4n) is 1.37. The Labute approximate surface area is 95.1 Å². The van der Waals surface area contributed by atoms with Crippen molar-refractivity contribution in [2.45, 2.75) is 19.1 Å². The van der Waals surface area contributed by atoms with Crippen molar-refractivity contribution in [1.82, 2.24) is 14.9 Å². The molecule has 5 heteroatoms. The van der Waals surface area contributed by atoms with E-state index in [9.17, 15) is 5.11 Å². The zero-order valence-corrected chi connectivity index (χ0v) is 10.3. The highest BCUT2D eigenvalue weighted by molar-refractivity contribution is 7.98. The van der Waals surface area contributed by atoms with E-state index in [-0.39, 0.29) is 0 Å². The van der Waals surface area contributed by atoms with Crippen LogP contribution in [0.3, 0.4) is 0 Å². The summed E-state index contributed by atoms with van der Waals surface area (Å²) in [5.74, 6) is 1.72. The molecule has 1 unspecified atom stereocenters. The number of aliphatic hydroxyl groups is 1. The topological polar surface area (TPSA) is 50.1 Å². The average molecular weight is 229 g/mol. The number of nitrogens with one attached hydrogen (secondary N) is 1. The quantitative estimate of drug-likeness (QED) is 0.751. The molecule has 1 atom stereocenters. The van der Waals surface area contributed by atoms with E-state index in [1.165, 1.54) is 0 Å². The maximum atomic E-state index is 9.90. The van der Waals surface area contributed by atoms with E-state index in [0.29, 0.717) is 13.1 Å². The van der Waals surface area contributed by atoms with Crippen LogP contribution in [-0.4, -0.2) is 38.8 Å². The molecule has 0 aliphatic carbocycles. The minimum absolute atomic E-state index is 0.584. The first-order valence-electron chi connectivity index (χ1n) is 4.93. The lowest BCUT2D eigenvalue weighted by Crippen LogP contribution is -2.40. The van der Waals surface area contributed by atoms with Gasteiger partial charge in [-0.1, -0.05) is 0 Å². The van der Waals surface area contributed by atoms with Crippen molar-refractivity contribution >= 4 is 11.8 Å². The van der Waals surface area contributed by atoms with Gasteiger partial charge in [-0.05, 0) is 13.2 Å². The number of thioether (sulfide) groups is 1. The fraction of sp³-hybridized carbons (Fsp3) is 0.700. The van der Waals surface area contributed by atoms with Gasteiger partial charge in [0, 0.05) is 31.7 Å². The van der Waals surface area contributed by atoms with Crippen LogP contribution in [0.2, 0.25) is 0 Å². The van der Waals surface area contributed by atoms with Gasteiger partial charge in [0.1, 0.15) is 5.82 Å².